The van der Waals surface area contributed by atoms with Crippen LogP contribution in [0.2, 0.25) is 0 Å². The highest BCUT2D eigenvalue weighted by Gasteiger charge is 2.24. The number of aromatic amines is 1. The van der Waals surface area contributed by atoms with E-state index < -0.39 is 0 Å². The molecule has 3 N–H and O–H groups in total. The van der Waals surface area contributed by atoms with Crippen LogP contribution < -0.4 is 5.73 Å². The lowest BCUT2D eigenvalue weighted by molar-refractivity contribution is 0.103. The minimum atomic E-state index is -0.253. The van der Waals surface area contributed by atoms with Crippen LogP contribution in [0.3, 0.4) is 0 Å². The Bertz CT molecular complexity index is 1870. The Morgan fingerprint density at radius 2 is 1.89 bits per heavy atom. The Labute approximate surface area is 222 Å². The zero-order chi connectivity index (χ0) is 26.4. The zero-order valence-electron chi connectivity index (χ0n) is 20.7. The van der Waals surface area contributed by atoms with Crippen molar-refractivity contribution in [2.75, 3.05) is 5.73 Å². The van der Waals surface area contributed by atoms with Crippen molar-refractivity contribution in [2.45, 2.75) is 24.7 Å². The molecule has 3 heterocycles. The Kier molecular flexibility index (Phi) is 5.74. The number of hydrogen-bond donors (Lipinski definition) is 2. The number of nitrogen functional groups attached to an aromatic ring is 1. The average Bonchev–Trinajstić information content (AvgIpc) is 3.63. The average molecular weight is 518 g/mol. The largest absolute Gasteiger partial charge is 0.383 e. The quantitative estimate of drug-likeness (QED) is 0.259. The second-order valence-corrected chi connectivity index (χ2v) is 10.3. The molecule has 38 heavy (non-hydrogen) atoms. The van der Waals surface area contributed by atoms with Gasteiger partial charge in [0.15, 0.2) is 0 Å². The van der Waals surface area contributed by atoms with E-state index in [0.29, 0.717) is 16.8 Å². The molecule has 0 aliphatic heterocycles. The lowest BCUT2D eigenvalue weighted by atomic mass is 10.1. The highest BCUT2D eigenvalue weighted by Crippen LogP contribution is 2.33. The highest BCUT2D eigenvalue weighted by molar-refractivity contribution is 7.98. The molecule has 0 fully saturated rings. The molecule has 9 heteroatoms. The van der Waals surface area contributed by atoms with Gasteiger partial charge in [-0.3, -0.25) is 8.77 Å². The van der Waals surface area contributed by atoms with Crippen molar-refractivity contribution in [1.82, 2.24) is 23.7 Å². The van der Waals surface area contributed by atoms with Gasteiger partial charge < -0.3 is 10.7 Å². The number of carbonyl (C=O) groups is 1. The van der Waals surface area contributed by atoms with E-state index in [1.54, 1.807) is 16.8 Å². The van der Waals surface area contributed by atoms with E-state index in [4.69, 9.17) is 5.73 Å². The first kappa shape index (κ1) is 23.6. The van der Waals surface area contributed by atoms with Crippen LogP contribution in [-0.4, -0.2) is 29.5 Å². The van der Waals surface area contributed by atoms with Gasteiger partial charge >= 0.3 is 0 Å². The summed E-state index contributed by atoms with van der Waals surface area (Å²) in [7, 11) is 0. The number of benzene rings is 3. The summed E-state index contributed by atoms with van der Waals surface area (Å²) in [6.07, 6.45) is 1.50. The van der Waals surface area contributed by atoms with Crippen LogP contribution >= 0.6 is 11.9 Å². The van der Waals surface area contributed by atoms with Gasteiger partial charge in [-0.05, 0) is 60.5 Å². The fourth-order valence-corrected chi connectivity index (χ4v) is 5.37. The number of nitrogens with zero attached hydrogens (tertiary/aromatic N) is 5. The van der Waals surface area contributed by atoms with E-state index in [2.05, 4.69) is 35.0 Å². The van der Waals surface area contributed by atoms with E-state index >= 15 is 0 Å². The highest BCUT2D eigenvalue weighted by atomic mass is 32.2. The molecule has 0 saturated heterocycles. The maximum absolute atomic E-state index is 13.9. The van der Waals surface area contributed by atoms with Crippen LogP contribution in [0, 0.1) is 11.3 Å². The van der Waals surface area contributed by atoms with Crippen molar-refractivity contribution in [2.24, 2.45) is 0 Å². The molecule has 0 unspecified atom stereocenters. The number of nitrogens with two attached hydrogens (primary N) is 1. The second kappa shape index (κ2) is 9.25. The molecule has 0 bridgehead atoms. The first-order valence-corrected chi connectivity index (χ1v) is 12.9. The molecule has 0 aliphatic carbocycles. The number of carbonyl (C=O) groups excluding carboxylic acids is 1. The number of ketones is 1. The van der Waals surface area contributed by atoms with E-state index in [9.17, 15) is 10.1 Å². The lowest BCUT2D eigenvalue weighted by Crippen LogP contribution is -2.10. The van der Waals surface area contributed by atoms with Gasteiger partial charge in [-0.2, -0.15) is 10.4 Å². The molecule has 0 aliphatic rings. The van der Waals surface area contributed by atoms with Gasteiger partial charge in [0.1, 0.15) is 17.3 Å². The van der Waals surface area contributed by atoms with Crippen molar-refractivity contribution in [3.8, 4) is 11.8 Å². The Morgan fingerprint density at radius 1 is 1.08 bits per heavy atom. The molecule has 186 valence electrons. The van der Waals surface area contributed by atoms with Crippen LogP contribution in [0.25, 0.3) is 27.6 Å². The summed E-state index contributed by atoms with van der Waals surface area (Å²) in [5.74, 6) is 1.17. The van der Waals surface area contributed by atoms with Gasteiger partial charge in [0.2, 0.25) is 5.78 Å². The van der Waals surface area contributed by atoms with Crippen LogP contribution in [0.5, 0.6) is 0 Å². The minimum Gasteiger partial charge on any atom is -0.383 e. The summed E-state index contributed by atoms with van der Waals surface area (Å²) in [4.78, 5) is 22.8. The molecular weight excluding hydrogens is 494 g/mol. The standard InChI is InChI=1S/C29H23N7OS/c1-17(2)29-33-23-11-10-20(14-24(23)34-29)35-28(31)22(16-32-35)27(37)26-13-19-9-8-18(15-30)12-25(19)36(26)38-21-6-4-3-5-7-21/h3-14,16-17H,31H2,1-2H3,(H,33,34). The van der Waals surface area contributed by atoms with Gasteiger partial charge in [-0.15, -0.1) is 0 Å². The lowest BCUT2D eigenvalue weighted by Gasteiger charge is -2.10. The Hall–Kier alpha value is -4.81. The Morgan fingerprint density at radius 3 is 2.66 bits per heavy atom. The molecule has 0 saturated carbocycles. The van der Waals surface area contributed by atoms with Crippen LogP contribution in [-0.2, 0) is 0 Å². The third-order valence-corrected chi connectivity index (χ3v) is 7.45. The molecule has 6 aromatic rings. The van der Waals surface area contributed by atoms with Crippen molar-refractivity contribution in [3.63, 3.8) is 0 Å². The summed E-state index contributed by atoms with van der Waals surface area (Å²) >= 11 is 1.41. The van der Waals surface area contributed by atoms with E-state index in [1.807, 2.05) is 64.6 Å². The molecule has 3 aromatic heterocycles. The maximum atomic E-state index is 13.9. The number of anilines is 1. The fourth-order valence-electron chi connectivity index (χ4n) is 4.39. The van der Waals surface area contributed by atoms with Crippen molar-refractivity contribution < 1.29 is 4.79 Å². The van der Waals surface area contributed by atoms with Crippen LogP contribution in [0.15, 0.2) is 83.9 Å². The van der Waals surface area contributed by atoms with E-state index in [1.165, 1.54) is 18.1 Å². The second-order valence-electron chi connectivity index (χ2n) is 9.28. The van der Waals surface area contributed by atoms with Crippen LogP contribution in [0.1, 0.15) is 47.2 Å². The SMILES string of the molecule is CC(C)c1nc2ccc(-n3ncc(C(=O)c4cc5ccc(C#N)cc5n4Sc4ccccc4)c3N)cc2[nH]1. The fraction of sp³-hybridized carbons (Fsp3) is 0.103. The number of hydrogen-bond acceptors (Lipinski definition) is 6. The molecular formula is C29H23N7OS. The van der Waals surface area contributed by atoms with Gasteiger partial charge in [-0.1, -0.05) is 38.1 Å². The van der Waals surface area contributed by atoms with Crippen molar-refractivity contribution in [1.29, 1.82) is 5.26 Å². The molecule has 0 atom stereocenters. The minimum absolute atomic E-state index is 0.247. The van der Waals surface area contributed by atoms with Gasteiger partial charge in [-0.25, -0.2) is 9.67 Å². The topological polar surface area (TPSA) is 118 Å². The predicted molar refractivity (Wildman–Crippen MR) is 149 cm³/mol. The number of fused-ring (bicyclic) bond motifs is 2. The third-order valence-electron chi connectivity index (χ3n) is 6.39. The predicted octanol–water partition coefficient (Wildman–Crippen LogP) is 6.07. The van der Waals surface area contributed by atoms with Crippen LogP contribution in [0.4, 0.5) is 5.82 Å². The first-order valence-electron chi connectivity index (χ1n) is 12.1. The normalized spacial score (nSPS) is 11.4. The number of nitriles is 1. The van der Waals surface area contributed by atoms with Crippen molar-refractivity contribution >= 4 is 45.5 Å². The molecule has 0 radical (unpaired) electrons. The van der Waals surface area contributed by atoms with Gasteiger partial charge in [0, 0.05) is 16.2 Å². The number of nitrogens with one attached hydrogen (secondary N) is 1. The number of H-pyrrole nitrogens is 1. The molecule has 6 rings (SSSR count). The van der Waals surface area contributed by atoms with E-state index in [-0.39, 0.29) is 17.5 Å². The smallest absolute Gasteiger partial charge is 0.215 e. The summed E-state index contributed by atoms with van der Waals surface area (Å²) < 4.78 is 3.42. The molecule has 0 amide bonds. The monoisotopic (exact) mass is 517 g/mol. The van der Waals surface area contributed by atoms with Crippen molar-refractivity contribution in [3.05, 3.63) is 102 Å². The van der Waals surface area contributed by atoms with E-state index in [0.717, 1.165) is 38.3 Å². The first-order chi connectivity index (χ1) is 18.4. The Balaban J connectivity index is 1.43. The maximum Gasteiger partial charge on any atom is 0.215 e. The summed E-state index contributed by atoms with van der Waals surface area (Å²) in [6, 6.07) is 24.9. The number of imidazole rings is 1. The van der Waals surface area contributed by atoms with Gasteiger partial charge in [0.05, 0.1) is 45.6 Å². The number of aromatic nitrogens is 5. The third kappa shape index (κ3) is 4.01. The molecule has 8 nitrogen and oxygen atoms in total. The summed E-state index contributed by atoms with van der Waals surface area (Å²) in [6.45, 7) is 4.16. The summed E-state index contributed by atoms with van der Waals surface area (Å²) in [5, 5.41) is 14.8. The van der Waals surface area contributed by atoms with Gasteiger partial charge in [0.25, 0.3) is 0 Å². The number of rotatable bonds is 6. The molecule has 0 spiro atoms. The summed E-state index contributed by atoms with van der Waals surface area (Å²) in [5.41, 5.74) is 11.0. The molecule has 3 aromatic carbocycles. The zero-order valence-corrected chi connectivity index (χ0v) is 21.5.